The number of nitrogens with one attached hydrogen (secondary N) is 1. The van der Waals surface area contributed by atoms with Crippen molar-refractivity contribution in [2.24, 2.45) is 0 Å². The summed E-state index contributed by atoms with van der Waals surface area (Å²) in [5.74, 6) is -0.185. The maximum Gasteiger partial charge on any atom is 0.244 e. The summed E-state index contributed by atoms with van der Waals surface area (Å²) in [5.41, 5.74) is 1.31. The molecule has 1 aromatic rings. The van der Waals surface area contributed by atoms with Gasteiger partial charge in [-0.25, -0.2) is 0 Å². The van der Waals surface area contributed by atoms with Crippen molar-refractivity contribution in [1.82, 2.24) is 20.1 Å². The van der Waals surface area contributed by atoms with Crippen LogP contribution in [0, 0.1) is 0 Å². The van der Waals surface area contributed by atoms with Crippen LogP contribution < -0.4 is 5.32 Å². The quantitative estimate of drug-likeness (QED) is 0.846. The fourth-order valence-electron chi connectivity index (χ4n) is 3.22. The van der Waals surface area contributed by atoms with Crippen molar-refractivity contribution in [3.05, 3.63) is 30.1 Å². The largest absolute Gasteiger partial charge is 0.345 e. The molecule has 132 valence electrons. The highest BCUT2D eigenvalue weighted by Crippen LogP contribution is 2.16. The summed E-state index contributed by atoms with van der Waals surface area (Å²) in [6, 6.07) is 3.91. The molecule has 1 aliphatic rings. The number of hydrogen-bond donors (Lipinski definition) is 1. The van der Waals surface area contributed by atoms with Crippen LogP contribution in [0.2, 0.25) is 0 Å². The summed E-state index contributed by atoms with van der Waals surface area (Å²) in [4.78, 5) is 31.8. The van der Waals surface area contributed by atoms with Gasteiger partial charge in [0.15, 0.2) is 0 Å². The molecule has 2 amide bonds. The van der Waals surface area contributed by atoms with Crippen molar-refractivity contribution >= 4 is 11.8 Å². The molecular weight excluding hydrogens is 304 g/mol. The molecule has 6 nitrogen and oxygen atoms in total. The Bertz CT molecular complexity index is 541. The Hall–Kier alpha value is -1.95. The first-order valence-corrected chi connectivity index (χ1v) is 8.62. The Morgan fingerprint density at radius 2 is 1.96 bits per heavy atom. The highest BCUT2D eigenvalue weighted by molar-refractivity contribution is 5.86. The minimum Gasteiger partial charge on any atom is -0.345 e. The van der Waals surface area contributed by atoms with Gasteiger partial charge in [0.1, 0.15) is 6.04 Å². The summed E-state index contributed by atoms with van der Waals surface area (Å²) >= 11 is 0. The molecule has 0 saturated carbocycles. The Morgan fingerprint density at radius 1 is 1.33 bits per heavy atom. The summed E-state index contributed by atoms with van der Waals surface area (Å²) < 4.78 is 0. The van der Waals surface area contributed by atoms with E-state index in [-0.39, 0.29) is 17.9 Å². The lowest BCUT2D eigenvalue weighted by Crippen LogP contribution is -2.51. The van der Waals surface area contributed by atoms with E-state index in [0.29, 0.717) is 0 Å². The number of hydrogen-bond acceptors (Lipinski definition) is 4. The SMILES string of the molecule is CC(=O)N[C@H](C)C(=O)N(C)C1CCN(CCc2ccncc2)CC1. The second-order valence-corrected chi connectivity index (χ2v) is 6.55. The number of likely N-dealkylation sites (tertiary alicyclic amines) is 1. The number of nitrogens with zero attached hydrogens (tertiary/aromatic N) is 3. The first kappa shape index (κ1) is 18.4. The van der Waals surface area contributed by atoms with Crippen LogP contribution in [0.1, 0.15) is 32.3 Å². The van der Waals surface area contributed by atoms with Crippen molar-refractivity contribution in [2.75, 3.05) is 26.7 Å². The van der Waals surface area contributed by atoms with E-state index in [2.05, 4.69) is 27.3 Å². The average molecular weight is 332 g/mol. The number of carbonyl (C=O) groups excluding carboxylic acids is 2. The first-order valence-electron chi connectivity index (χ1n) is 8.62. The van der Waals surface area contributed by atoms with Gasteiger partial charge in [0.05, 0.1) is 0 Å². The minimum absolute atomic E-state index is 0.0135. The van der Waals surface area contributed by atoms with Crippen LogP contribution >= 0.6 is 0 Å². The van der Waals surface area contributed by atoms with E-state index in [1.165, 1.54) is 12.5 Å². The van der Waals surface area contributed by atoms with Gasteiger partial charge in [-0.05, 0) is 43.9 Å². The molecule has 0 aromatic carbocycles. The van der Waals surface area contributed by atoms with Crippen molar-refractivity contribution in [3.63, 3.8) is 0 Å². The van der Waals surface area contributed by atoms with Crippen molar-refractivity contribution in [3.8, 4) is 0 Å². The molecule has 1 aliphatic heterocycles. The molecular formula is C18H28N4O2. The van der Waals surface area contributed by atoms with Crippen LogP contribution in [0.5, 0.6) is 0 Å². The molecule has 0 aliphatic carbocycles. The van der Waals surface area contributed by atoms with Gasteiger partial charge in [0, 0.05) is 52.0 Å². The van der Waals surface area contributed by atoms with Crippen LogP contribution in [0.25, 0.3) is 0 Å². The molecule has 0 unspecified atom stereocenters. The Kier molecular flexibility index (Phi) is 6.73. The Balaban J connectivity index is 1.75. The molecule has 2 heterocycles. The highest BCUT2D eigenvalue weighted by atomic mass is 16.2. The van der Waals surface area contributed by atoms with E-state index in [1.807, 2.05) is 19.4 Å². The molecule has 1 saturated heterocycles. The topological polar surface area (TPSA) is 65.5 Å². The number of likely N-dealkylation sites (N-methyl/N-ethyl adjacent to an activating group) is 1. The van der Waals surface area contributed by atoms with E-state index in [0.717, 1.165) is 38.9 Å². The number of aromatic nitrogens is 1. The molecule has 1 N–H and O–H groups in total. The van der Waals surface area contributed by atoms with Gasteiger partial charge in [-0.15, -0.1) is 0 Å². The zero-order valence-corrected chi connectivity index (χ0v) is 14.9. The molecule has 0 bridgehead atoms. The van der Waals surface area contributed by atoms with Gasteiger partial charge in [0.2, 0.25) is 11.8 Å². The molecule has 0 spiro atoms. The zero-order valence-electron chi connectivity index (χ0n) is 14.9. The van der Waals surface area contributed by atoms with Crippen LogP contribution in [0.15, 0.2) is 24.5 Å². The molecule has 6 heteroatoms. The van der Waals surface area contributed by atoms with Crippen LogP contribution in [-0.2, 0) is 16.0 Å². The van der Waals surface area contributed by atoms with Gasteiger partial charge in [-0.1, -0.05) is 0 Å². The third-order valence-electron chi connectivity index (χ3n) is 4.71. The summed E-state index contributed by atoms with van der Waals surface area (Å²) in [6.07, 6.45) is 6.65. The molecule has 1 fully saturated rings. The van der Waals surface area contributed by atoms with E-state index in [9.17, 15) is 9.59 Å². The molecule has 2 rings (SSSR count). The molecule has 0 radical (unpaired) electrons. The minimum atomic E-state index is -0.461. The van der Waals surface area contributed by atoms with Crippen molar-refractivity contribution in [1.29, 1.82) is 0 Å². The standard InChI is InChI=1S/C18H28N4O2/c1-14(20-15(2)23)18(24)21(3)17-7-12-22(13-8-17)11-6-16-4-9-19-10-5-16/h4-5,9-10,14,17H,6-8,11-13H2,1-3H3,(H,20,23)/t14-/m1/s1. The van der Waals surface area contributed by atoms with Crippen molar-refractivity contribution in [2.45, 2.75) is 45.2 Å². The van der Waals surface area contributed by atoms with Crippen molar-refractivity contribution < 1.29 is 9.59 Å². The second kappa shape index (κ2) is 8.78. The smallest absolute Gasteiger partial charge is 0.244 e. The third-order valence-corrected chi connectivity index (χ3v) is 4.71. The fraction of sp³-hybridized carbons (Fsp3) is 0.611. The summed E-state index contributed by atoms with van der Waals surface area (Å²) in [5, 5.41) is 2.66. The van der Waals surface area contributed by atoms with Gasteiger partial charge in [-0.2, -0.15) is 0 Å². The average Bonchev–Trinajstić information content (AvgIpc) is 2.59. The summed E-state index contributed by atoms with van der Waals surface area (Å²) in [6.45, 7) is 6.22. The second-order valence-electron chi connectivity index (χ2n) is 6.55. The maximum atomic E-state index is 12.4. The number of pyridine rings is 1. The first-order chi connectivity index (χ1) is 11.5. The Morgan fingerprint density at radius 3 is 2.54 bits per heavy atom. The van der Waals surface area contributed by atoms with E-state index in [4.69, 9.17) is 0 Å². The van der Waals surface area contributed by atoms with Crippen LogP contribution in [0.4, 0.5) is 0 Å². The van der Waals surface area contributed by atoms with Crippen LogP contribution in [0.3, 0.4) is 0 Å². The number of amides is 2. The number of carbonyl (C=O) groups is 2. The predicted octanol–water partition coefficient (Wildman–Crippen LogP) is 1.07. The fourth-order valence-corrected chi connectivity index (χ4v) is 3.22. The van der Waals surface area contributed by atoms with Gasteiger partial charge >= 0.3 is 0 Å². The Labute approximate surface area is 144 Å². The third kappa shape index (κ3) is 5.30. The van der Waals surface area contributed by atoms with Gasteiger partial charge in [0.25, 0.3) is 0 Å². The maximum absolute atomic E-state index is 12.4. The van der Waals surface area contributed by atoms with E-state index in [1.54, 1.807) is 11.8 Å². The lowest BCUT2D eigenvalue weighted by atomic mass is 10.0. The van der Waals surface area contributed by atoms with Crippen LogP contribution in [-0.4, -0.2) is 65.4 Å². The van der Waals surface area contributed by atoms with E-state index >= 15 is 0 Å². The molecule has 1 atom stereocenters. The molecule has 1 aromatic heterocycles. The van der Waals surface area contributed by atoms with E-state index < -0.39 is 6.04 Å². The lowest BCUT2D eigenvalue weighted by molar-refractivity contribution is -0.137. The normalized spacial score (nSPS) is 17.3. The lowest BCUT2D eigenvalue weighted by Gasteiger charge is -2.37. The number of rotatable bonds is 6. The van der Waals surface area contributed by atoms with Gasteiger partial charge < -0.3 is 15.1 Å². The number of piperidine rings is 1. The highest BCUT2D eigenvalue weighted by Gasteiger charge is 2.27. The summed E-state index contributed by atoms with van der Waals surface area (Å²) in [7, 11) is 1.85. The van der Waals surface area contributed by atoms with Gasteiger partial charge in [-0.3, -0.25) is 14.6 Å². The molecule has 24 heavy (non-hydrogen) atoms. The predicted molar refractivity (Wildman–Crippen MR) is 93.5 cm³/mol. The zero-order chi connectivity index (χ0) is 17.5. The monoisotopic (exact) mass is 332 g/mol.